The van der Waals surface area contributed by atoms with Gasteiger partial charge in [-0.1, -0.05) is 72.3 Å². The van der Waals surface area contributed by atoms with E-state index < -0.39 is 0 Å². The van der Waals surface area contributed by atoms with Crippen LogP contribution in [0.25, 0.3) is 11.0 Å². The Balaban J connectivity index is 1.56. The van der Waals surface area contributed by atoms with Crippen molar-refractivity contribution in [2.45, 2.75) is 26.4 Å². The standard InChI is InChI=1S/C26H22ClNO3/c1-17-20-13-23(27)25-22(15-28(16-30-25)14-19-10-6-3-7-11-19)24(20)31-26(29)21(17)12-18-8-4-2-5-9-18/h2-11,13H,12,14-16H2,1H3. The van der Waals surface area contributed by atoms with Gasteiger partial charge in [-0.05, 0) is 29.7 Å². The topological polar surface area (TPSA) is 42.7 Å². The summed E-state index contributed by atoms with van der Waals surface area (Å²) >= 11 is 6.59. The summed E-state index contributed by atoms with van der Waals surface area (Å²) in [5.74, 6) is 0.608. The van der Waals surface area contributed by atoms with Gasteiger partial charge in [0.2, 0.25) is 0 Å². The minimum atomic E-state index is -0.307. The van der Waals surface area contributed by atoms with Crippen LogP contribution in [0.5, 0.6) is 5.75 Å². The monoisotopic (exact) mass is 431 g/mol. The number of fused-ring (bicyclic) bond motifs is 3. The molecule has 0 spiro atoms. The fourth-order valence-corrected chi connectivity index (χ4v) is 4.48. The van der Waals surface area contributed by atoms with E-state index in [-0.39, 0.29) is 5.63 Å². The van der Waals surface area contributed by atoms with Crippen LogP contribution in [0.15, 0.2) is 75.9 Å². The van der Waals surface area contributed by atoms with Gasteiger partial charge in [-0.2, -0.15) is 0 Å². The van der Waals surface area contributed by atoms with Crippen LogP contribution in [0.1, 0.15) is 27.8 Å². The summed E-state index contributed by atoms with van der Waals surface area (Å²) in [6, 6.07) is 22.0. The molecule has 156 valence electrons. The number of aryl methyl sites for hydroxylation is 1. The van der Waals surface area contributed by atoms with Gasteiger partial charge >= 0.3 is 5.63 Å². The molecule has 0 atom stereocenters. The highest BCUT2D eigenvalue weighted by atomic mass is 35.5. The van der Waals surface area contributed by atoms with Crippen molar-refractivity contribution >= 4 is 22.6 Å². The van der Waals surface area contributed by atoms with E-state index in [1.807, 2.05) is 61.5 Å². The highest BCUT2D eigenvalue weighted by molar-refractivity contribution is 6.33. The molecule has 0 saturated heterocycles. The summed E-state index contributed by atoms with van der Waals surface area (Å²) in [7, 11) is 0. The number of hydrogen-bond donors (Lipinski definition) is 0. The van der Waals surface area contributed by atoms with Crippen molar-refractivity contribution in [3.63, 3.8) is 0 Å². The van der Waals surface area contributed by atoms with Crippen LogP contribution in [0.2, 0.25) is 5.02 Å². The second-order valence-corrected chi connectivity index (χ2v) is 8.35. The van der Waals surface area contributed by atoms with Gasteiger partial charge in [0.05, 0.1) is 10.6 Å². The Morgan fingerprint density at radius 1 is 1.00 bits per heavy atom. The van der Waals surface area contributed by atoms with E-state index >= 15 is 0 Å². The smallest absolute Gasteiger partial charge is 0.340 e. The van der Waals surface area contributed by atoms with Gasteiger partial charge in [0.15, 0.2) is 0 Å². The quantitative estimate of drug-likeness (QED) is 0.389. The van der Waals surface area contributed by atoms with Crippen molar-refractivity contribution in [1.82, 2.24) is 4.90 Å². The van der Waals surface area contributed by atoms with E-state index in [0.29, 0.717) is 41.6 Å². The van der Waals surface area contributed by atoms with Crippen LogP contribution >= 0.6 is 11.6 Å². The zero-order valence-electron chi connectivity index (χ0n) is 17.2. The average Bonchev–Trinajstić information content (AvgIpc) is 2.79. The Morgan fingerprint density at radius 2 is 1.68 bits per heavy atom. The normalized spacial score (nSPS) is 13.7. The summed E-state index contributed by atoms with van der Waals surface area (Å²) < 4.78 is 11.9. The molecule has 1 aliphatic rings. The van der Waals surface area contributed by atoms with Crippen LogP contribution in [0.4, 0.5) is 0 Å². The maximum Gasteiger partial charge on any atom is 0.340 e. The van der Waals surface area contributed by atoms with Crippen molar-refractivity contribution in [1.29, 1.82) is 0 Å². The maximum absolute atomic E-state index is 12.9. The molecule has 0 saturated carbocycles. The van der Waals surface area contributed by atoms with Crippen LogP contribution in [-0.4, -0.2) is 11.6 Å². The third-order valence-electron chi connectivity index (χ3n) is 5.82. The first kappa shape index (κ1) is 19.9. The van der Waals surface area contributed by atoms with Crippen molar-refractivity contribution < 1.29 is 9.15 Å². The predicted octanol–water partition coefficient (Wildman–Crippen LogP) is 5.70. The Kier molecular flexibility index (Phi) is 5.26. The van der Waals surface area contributed by atoms with Crippen molar-refractivity contribution in [2.24, 2.45) is 0 Å². The zero-order valence-corrected chi connectivity index (χ0v) is 18.0. The van der Waals surface area contributed by atoms with Gasteiger partial charge in [-0.15, -0.1) is 0 Å². The van der Waals surface area contributed by atoms with Crippen molar-refractivity contribution in [3.05, 3.63) is 110 Å². The molecule has 0 fully saturated rings. The second kappa shape index (κ2) is 8.22. The molecule has 5 rings (SSSR count). The summed E-state index contributed by atoms with van der Waals surface area (Å²) in [4.78, 5) is 15.1. The molecule has 31 heavy (non-hydrogen) atoms. The number of hydrogen-bond acceptors (Lipinski definition) is 4. The maximum atomic E-state index is 12.9. The van der Waals surface area contributed by atoms with Crippen molar-refractivity contribution in [3.8, 4) is 5.75 Å². The van der Waals surface area contributed by atoms with Gasteiger partial charge < -0.3 is 9.15 Å². The molecule has 0 unspecified atom stereocenters. The minimum absolute atomic E-state index is 0.307. The lowest BCUT2D eigenvalue weighted by molar-refractivity contribution is 0.0890. The minimum Gasteiger partial charge on any atom is -0.476 e. The number of ether oxygens (including phenoxy) is 1. The fraction of sp³-hybridized carbons (Fsp3) is 0.192. The van der Waals surface area contributed by atoms with Gasteiger partial charge in [0.1, 0.15) is 18.1 Å². The van der Waals surface area contributed by atoms with E-state index in [0.717, 1.165) is 28.6 Å². The fourth-order valence-electron chi connectivity index (χ4n) is 4.21. The average molecular weight is 432 g/mol. The van der Waals surface area contributed by atoms with Gasteiger partial charge in [0, 0.05) is 30.5 Å². The summed E-state index contributed by atoms with van der Waals surface area (Å²) in [5.41, 5.74) is 4.92. The highest BCUT2D eigenvalue weighted by Gasteiger charge is 2.26. The summed E-state index contributed by atoms with van der Waals surface area (Å²) in [6.45, 7) is 3.74. The Bertz CT molecular complexity index is 1300. The lowest BCUT2D eigenvalue weighted by Gasteiger charge is -2.30. The van der Waals surface area contributed by atoms with E-state index in [2.05, 4.69) is 17.0 Å². The molecule has 5 heteroatoms. The number of rotatable bonds is 4. The van der Waals surface area contributed by atoms with Crippen molar-refractivity contribution in [2.75, 3.05) is 6.73 Å². The largest absolute Gasteiger partial charge is 0.476 e. The molecule has 0 aliphatic carbocycles. The summed E-state index contributed by atoms with van der Waals surface area (Å²) in [6.07, 6.45) is 0.524. The van der Waals surface area contributed by atoms with Crippen LogP contribution in [0.3, 0.4) is 0 Å². The molecular formula is C26H22ClNO3. The molecule has 0 radical (unpaired) electrons. The second-order valence-electron chi connectivity index (χ2n) is 7.94. The number of nitrogens with zero attached hydrogens (tertiary/aromatic N) is 1. The first-order valence-electron chi connectivity index (χ1n) is 10.3. The third kappa shape index (κ3) is 3.85. The van der Waals surface area contributed by atoms with Crippen LogP contribution < -0.4 is 10.4 Å². The molecule has 0 N–H and O–H groups in total. The predicted molar refractivity (Wildman–Crippen MR) is 123 cm³/mol. The molecule has 3 aromatic carbocycles. The SMILES string of the molecule is Cc1c(Cc2ccccc2)c(=O)oc2c3c(c(Cl)cc12)OCN(Cc1ccccc1)C3. The molecule has 4 nitrogen and oxygen atoms in total. The third-order valence-corrected chi connectivity index (χ3v) is 6.11. The lowest BCUT2D eigenvalue weighted by Crippen LogP contribution is -2.32. The molecule has 2 heterocycles. The first-order valence-corrected chi connectivity index (χ1v) is 10.7. The van der Waals surface area contributed by atoms with E-state index in [1.165, 1.54) is 5.56 Å². The van der Waals surface area contributed by atoms with Crippen LogP contribution in [0, 0.1) is 6.92 Å². The van der Waals surface area contributed by atoms with E-state index in [9.17, 15) is 4.79 Å². The van der Waals surface area contributed by atoms with E-state index in [4.69, 9.17) is 20.8 Å². The molecule has 1 aliphatic heterocycles. The Labute approximate surface area is 185 Å². The number of halogens is 1. The van der Waals surface area contributed by atoms with E-state index in [1.54, 1.807) is 0 Å². The lowest BCUT2D eigenvalue weighted by atomic mass is 9.97. The zero-order chi connectivity index (χ0) is 21.4. The number of benzene rings is 3. The van der Waals surface area contributed by atoms with Gasteiger partial charge in [-0.25, -0.2) is 4.79 Å². The van der Waals surface area contributed by atoms with Crippen LogP contribution in [-0.2, 0) is 19.5 Å². The molecule has 0 bridgehead atoms. The molecule has 1 aromatic heterocycles. The first-order chi connectivity index (χ1) is 15.1. The molecular weight excluding hydrogens is 410 g/mol. The highest BCUT2D eigenvalue weighted by Crippen LogP contribution is 2.40. The van der Waals surface area contributed by atoms with Gasteiger partial charge in [-0.3, -0.25) is 4.90 Å². The molecule has 4 aromatic rings. The Hall–Kier alpha value is -3.08. The van der Waals surface area contributed by atoms with Gasteiger partial charge in [0.25, 0.3) is 0 Å². The molecule has 0 amide bonds. The Morgan fingerprint density at radius 3 is 2.39 bits per heavy atom. The summed E-state index contributed by atoms with van der Waals surface area (Å²) in [5, 5.41) is 1.41.